The predicted molar refractivity (Wildman–Crippen MR) is 78.4 cm³/mol. The van der Waals surface area contributed by atoms with Gasteiger partial charge >= 0.3 is 0 Å². The highest BCUT2D eigenvalue weighted by molar-refractivity contribution is 7.90. The molecule has 0 aliphatic rings. The van der Waals surface area contributed by atoms with Crippen molar-refractivity contribution >= 4 is 32.5 Å². The van der Waals surface area contributed by atoms with E-state index in [9.17, 15) is 8.42 Å². The molecule has 1 aromatic carbocycles. The second kappa shape index (κ2) is 5.43. The van der Waals surface area contributed by atoms with Gasteiger partial charge in [-0.1, -0.05) is 0 Å². The molecule has 5 nitrogen and oxygen atoms in total. The minimum absolute atomic E-state index is 0.00580. The highest BCUT2D eigenvalue weighted by Gasteiger charge is 2.16. The van der Waals surface area contributed by atoms with Crippen molar-refractivity contribution in [2.75, 3.05) is 12.0 Å². The standard InChI is InChI=1S/C13H14ClN3O2S/c1-9(14)13-16-11-4-3-10(8-15)7-12(11)17(13)5-6-20(2,18)19/h3-4,7,9H,5-6H2,1-2H3. The highest BCUT2D eigenvalue weighted by Crippen LogP contribution is 2.25. The summed E-state index contributed by atoms with van der Waals surface area (Å²) in [5, 5.41) is 8.62. The number of nitriles is 1. The van der Waals surface area contributed by atoms with Crippen molar-refractivity contribution in [2.45, 2.75) is 18.8 Å². The van der Waals surface area contributed by atoms with E-state index >= 15 is 0 Å². The number of sulfone groups is 1. The summed E-state index contributed by atoms with van der Waals surface area (Å²) in [6.07, 6.45) is 1.19. The van der Waals surface area contributed by atoms with E-state index in [1.807, 2.05) is 0 Å². The SMILES string of the molecule is CC(Cl)c1nc2ccc(C#N)cc2n1CCS(C)(=O)=O. The van der Waals surface area contributed by atoms with E-state index in [1.165, 1.54) is 6.26 Å². The van der Waals surface area contributed by atoms with Gasteiger partial charge < -0.3 is 4.57 Å². The number of hydrogen-bond acceptors (Lipinski definition) is 4. The Hall–Kier alpha value is -1.58. The van der Waals surface area contributed by atoms with Crippen molar-refractivity contribution < 1.29 is 8.42 Å². The lowest BCUT2D eigenvalue weighted by Crippen LogP contribution is -2.13. The summed E-state index contributed by atoms with van der Waals surface area (Å²) < 4.78 is 24.5. The second-order valence-electron chi connectivity index (χ2n) is 4.68. The fourth-order valence-electron chi connectivity index (χ4n) is 2.01. The van der Waals surface area contributed by atoms with Crippen LogP contribution in [-0.4, -0.2) is 30.0 Å². The molecule has 0 aliphatic heterocycles. The number of halogens is 1. The molecule has 1 heterocycles. The molecule has 0 radical (unpaired) electrons. The number of aromatic nitrogens is 2. The van der Waals surface area contributed by atoms with E-state index in [4.69, 9.17) is 16.9 Å². The number of imidazole rings is 1. The zero-order valence-electron chi connectivity index (χ0n) is 11.2. The Labute approximate surface area is 122 Å². The van der Waals surface area contributed by atoms with Crippen LogP contribution in [0.15, 0.2) is 18.2 Å². The van der Waals surface area contributed by atoms with Gasteiger partial charge in [0.15, 0.2) is 0 Å². The van der Waals surface area contributed by atoms with Crippen molar-refractivity contribution in [3.8, 4) is 6.07 Å². The minimum Gasteiger partial charge on any atom is -0.326 e. The number of nitrogens with zero attached hydrogens (tertiary/aromatic N) is 3. The molecular formula is C13H14ClN3O2S. The van der Waals surface area contributed by atoms with Gasteiger partial charge in [-0.05, 0) is 25.1 Å². The minimum atomic E-state index is -3.08. The lowest BCUT2D eigenvalue weighted by atomic mass is 10.2. The third-order valence-electron chi connectivity index (χ3n) is 2.95. The molecule has 106 valence electrons. The van der Waals surface area contributed by atoms with Gasteiger partial charge in [0.1, 0.15) is 15.7 Å². The lowest BCUT2D eigenvalue weighted by Gasteiger charge is -2.09. The number of benzene rings is 1. The molecule has 1 aromatic heterocycles. The molecule has 2 rings (SSSR count). The summed E-state index contributed by atoms with van der Waals surface area (Å²) in [5.41, 5.74) is 1.95. The van der Waals surface area contributed by atoms with E-state index in [0.717, 1.165) is 5.52 Å². The Morgan fingerprint density at radius 3 is 2.75 bits per heavy atom. The van der Waals surface area contributed by atoms with Crippen molar-refractivity contribution in [3.63, 3.8) is 0 Å². The smallest absolute Gasteiger partial charge is 0.149 e. The quantitative estimate of drug-likeness (QED) is 0.812. The first kappa shape index (κ1) is 14.8. The van der Waals surface area contributed by atoms with Crippen molar-refractivity contribution in [3.05, 3.63) is 29.6 Å². The third kappa shape index (κ3) is 3.11. The zero-order valence-corrected chi connectivity index (χ0v) is 12.7. The summed E-state index contributed by atoms with van der Waals surface area (Å²) >= 11 is 6.11. The molecule has 0 amide bonds. The third-order valence-corrected chi connectivity index (χ3v) is 4.07. The first-order chi connectivity index (χ1) is 9.31. The van der Waals surface area contributed by atoms with Crippen LogP contribution in [0.4, 0.5) is 0 Å². The summed E-state index contributed by atoms with van der Waals surface area (Å²) in [6.45, 7) is 2.06. The molecule has 1 unspecified atom stereocenters. The molecule has 0 N–H and O–H groups in total. The topological polar surface area (TPSA) is 75.8 Å². The Balaban J connectivity index is 2.58. The predicted octanol–water partition coefficient (Wildman–Crippen LogP) is 2.25. The van der Waals surface area contributed by atoms with Crippen LogP contribution in [-0.2, 0) is 16.4 Å². The molecule has 0 aliphatic carbocycles. The van der Waals surface area contributed by atoms with Gasteiger partial charge in [-0.25, -0.2) is 13.4 Å². The number of alkyl halides is 1. The largest absolute Gasteiger partial charge is 0.326 e. The molecule has 0 bridgehead atoms. The molecule has 0 saturated carbocycles. The summed E-state index contributed by atoms with van der Waals surface area (Å²) in [4.78, 5) is 4.42. The maximum absolute atomic E-state index is 11.3. The number of rotatable bonds is 4. The molecule has 0 saturated heterocycles. The van der Waals surface area contributed by atoms with E-state index < -0.39 is 9.84 Å². The van der Waals surface area contributed by atoms with Crippen LogP contribution in [0.5, 0.6) is 0 Å². The van der Waals surface area contributed by atoms with Crippen molar-refractivity contribution in [1.29, 1.82) is 5.26 Å². The lowest BCUT2D eigenvalue weighted by molar-refractivity contribution is 0.593. The fourth-order valence-corrected chi connectivity index (χ4v) is 2.69. The van der Waals surface area contributed by atoms with Gasteiger partial charge in [0.05, 0.1) is 33.8 Å². The number of aryl methyl sites for hydroxylation is 1. The molecule has 1 atom stereocenters. The van der Waals surface area contributed by atoms with Gasteiger partial charge in [-0.15, -0.1) is 11.6 Å². The number of fused-ring (bicyclic) bond motifs is 1. The first-order valence-electron chi connectivity index (χ1n) is 6.04. The Morgan fingerprint density at radius 2 is 2.20 bits per heavy atom. The van der Waals surface area contributed by atoms with Crippen molar-refractivity contribution in [2.24, 2.45) is 0 Å². The normalized spacial score (nSPS) is 13.3. The second-order valence-corrected chi connectivity index (χ2v) is 7.60. The average Bonchev–Trinajstić information content (AvgIpc) is 2.73. The summed E-state index contributed by atoms with van der Waals surface area (Å²) in [5.74, 6) is 0.617. The van der Waals surface area contributed by atoms with Crippen LogP contribution in [0.25, 0.3) is 11.0 Å². The fraction of sp³-hybridized carbons (Fsp3) is 0.385. The van der Waals surface area contributed by atoms with E-state index in [0.29, 0.717) is 16.9 Å². The molecule has 2 aromatic rings. The highest BCUT2D eigenvalue weighted by atomic mass is 35.5. The van der Waals surface area contributed by atoms with Gasteiger partial charge in [-0.3, -0.25) is 0 Å². The van der Waals surface area contributed by atoms with Crippen LogP contribution in [0, 0.1) is 11.3 Å². The van der Waals surface area contributed by atoms with Gasteiger partial charge in [0.2, 0.25) is 0 Å². The molecular weight excluding hydrogens is 298 g/mol. The Kier molecular flexibility index (Phi) is 4.02. The first-order valence-corrected chi connectivity index (χ1v) is 8.53. The van der Waals surface area contributed by atoms with E-state index in [1.54, 1.807) is 29.7 Å². The molecule has 0 spiro atoms. The maximum atomic E-state index is 11.3. The van der Waals surface area contributed by atoms with Gasteiger partial charge in [-0.2, -0.15) is 5.26 Å². The van der Waals surface area contributed by atoms with Crippen molar-refractivity contribution in [1.82, 2.24) is 9.55 Å². The number of hydrogen-bond donors (Lipinski definition) is 0. The monoisotopic (exact) mass is 311 g/mol. The van der Waals surface area contributed by atoms with Crippen LogP contribution in [0.1, 0.15) is 23.7 Å². The van der Waals surface area contributed by atoms with Crippen LogP contribution >= 0.6 is 11.6 Å². The Morgan fingerprint density at radius 1 is 1.50 bits per heavy atom. The van der Waals surface area contributed by atoms with Gasteiger partial charge in [0.25, 0.3) is 0 Å². The Bertz CT molecular complexity index is 788. The van der Waals surface area contributed by atoms with Crippen LogP contribution < -0.4 is 0 Å². The van der Waals surface area contributed by atoms with E-state index in [-0.39, 0.29) is 17.7 Å². The molecule has 20 heavy (non-hydrogen) atoms. The van der Waals surface area contributed by atoms with E-state index in [2.05, 4.69) is 11.1 Å². The van der Waals surface area contributed by atoms with Gasteiger partial charge in [0, 0.05) is 12.8 Å². The summed E-state index contributed by atoms with van der Waals surface area (Å²) in [7, 11) is -3.08. The summed E-state index contributed by atoms with van der Waals surface area (Å²) in [6, 6.07) is 7.19. The molecule has 7 heteroatoms. The molecule has 0 fully saturated rings. The van der Waals surface area contributed by atoms with Crippen LogP contribution in [0.3, 0.4) is 0 Å². The zero-order chi connectivity index (χ0) is 14.9. The average molecular weight is 312 g/mol. The van der Waals surface area contributed by atoms with Crippen LogP contribution in [0.2, 0.25) is 0 Å². The maximum Gasteiger partial charge on any atom is 0.149 e.